The van der Waals surface area contributed by atoms with Gasteiger partial charge in [-0.15, -0.1) is 0 Å². The van der Waals surface area contributed by atoms with Gasteiger partial charge in [0.15, 0.2) is 0 Å². The second-order valence-corrected chi connectivity index (χ2v) is 7.42. The SMILES string of the molecule is CCCCc1c(-c2ccc(-c3ccccc3)cc2)c(C(N)=O)c(C)n1CCCO. The molecule has 0 spiro atoms. The number of nitrogens with zero attached hydrogens (tertiary/aromatic N) is 1. The first kappa shape index (κ1) is 20.9. The van der Waals surface area contributed by atoms with Crippen molar-refractivity contribution >= 4 is 5.91 Å². The Morgan fingerprint density at radius 2 is 1.59 bits per heavy atom. The maximum absolute atomic E-state index is 12.4. The molecule has 3 rings (SSSR count). The lowest BCUT2D eigenvalue weighted by Crippen LogP contribution is -2.13. The standard InChI is InChI=1S/C25H30N2O2/c1-3-4-11-22-24(23(25(26)29)18(2)27(22)16-8-17-28)21-14-12-20(13-15-21)19-9-6-5-7-10-19/h5-7,9-10,12-15,28H,3-4,8,11,16-17H2,1-2H3,(H2,26,29). The molecule has 0 bridgehead atoms. The number of aliphatic hydroxyl groups is 1. The molecule has 0 radical (unpaired) electrons. The van der Waals surface area contributed by atoms with E-state index < -0.39 is 5.91 Å². The zero-order valence-corrected chi connectivity index (χ0v) is 17.3. The van der Waals surface area contributed by atoms with Crippen molar-refractivity contribution in [2.24, 2.45) is 5.73 Å². The van der Waals surface area contributed by atoms with Gasteiger partial charge >= 0.3 is 0 Å². The fraction of sp³-hybridized carbons (Fsp3) is 0.320. The predicted molar refractivity (Wildman–Crippen MR) is 119 cm³/mol. The predicted octanol–water partition coefficient (Wildman–Crippen LogP) is 4.95. The molecule has 152 valence electrons. The molecule has 3 aromatic rings. The third-order valence-corrected chi connectivity index (χ3v) is 5.47. The van der Waals surface area contributed by atoms with E-state index in [1.54, 1.807) is 0 Å². The average molecular weight is 391 g/mol. The highest BCUT2D eigenvalue weighted by Crippen LogP contribution is 2.35. The number of hydrogen-bond donors (Lipinski definition) is 2. The van der Waals surface area contributed by atoms with Crippen molar-refractivity contribution in [2.75, 3.05) is 6.61 Å². The van der Waals surface area contributed by atoms with E-state index in [-0.39, 0.29) is 6.61 Å². The molecule has 4 nitrogen and oxygen atoms in total. The van der Waals surface area contributed by atoms with Crippen molar-refractivity contribution < 1.29 is 9.90 Å². The Kier molecular flexibility index (Phi) is 6.89. The smallest absolute Gasteiger partial charge is 0.251 e. The van der Waals surface area contributed by atoms with E-state index in [2.05, 4.69) is 47.9 Å². The van der Waals surface area contributed by atoms with Crippen LogP contribution in [0.25, 0.3) is 22.3 Å². The molecule has 0 saturated carbocycles. The van der Waals surface area contributed by atoms with E-state index in [4.69, 9.17) is 5.73 Å². The molecule has 1 amide bonds. The molecule has 1 aromatic heterocycles. The quantitative estimate of drug-likeness (QED) is 0.542. The van der Waals surface area contributed by atoms with Crippen molar-refractivity contribution in [3.05, 3.63) is 71.5 Å². The van der Waals surface area contributed by atoms with Crippen LogP contribution in [0.5, 0.6) is 0 Å². The first-order valence-corrected chi connectivity index (χ1v) is 10.4. The van der Waals surface area contributed by atoms with Crippen LogP contribution in [0.4, 0.5) is 0 Å². The maximum Gasteiger partial charge on any atom is 0.251 e. The van der Waals surface area contributed by atoms with E-state index in [0.29, 0.717) is 18.5 Å². The number of aliphatic hydroxyl groups excluding tert-OH is 1. The number of benzene rings is 2. The Morgan fingerprint density at radius 3 is 2.17 bits per heavy atom. The summed E-state index contributed by atoms with van der Waals surface area (Å²) in [5, 5.41) is 9.32. The van der Waals surface area contributed by atoms with Gasteiger partial charge in [-0.25, -0.2) is 0 Å². The van der Waals surface area contributed by atoms with Crippen LogP contribution in [0.3, 0.4) is 0 Å². The topological polar surface area (TPSA) is 68.2 Å². The Bertz CT molecular complexity index is 957. The molecule has 0 saturated heterocycles. The molecule has 2 aromatic carbocycles. The summed E-state index contributed by atoms with van der Waals surface area (Å²) in [5.41, 5.74) is 12.7. The van der Waals surface area contributed by atoms with Crippen molar-refractivity contribution in [1.82, 2.24) is 4.57 Å². The highest BCUT2D eigenvalue weighted by atomic mass is 16.3. The number of hydrogen-bond acceptors (Lipinski definition) is 2. The zero-order chi connectivity index (χ0) is 20.8. The molecular weight excluding hydrogens is 360 g/mol. The normalized spacial score (nSPS) is 11.0. The van der Waals surface area contributed by atoms with E-state index >= 15 is 0 Å². The zero-order valence-electron chi connectivity index (χ0n) is 17.3. The summed E-state index contributed by atoms with van der Waals surface area (Å²) >= 11 is 0. The molecule has 29 heavy (non-hydrogen) atoms. The molecule has 0 aliphatic carbocycles. The number of carbonyl (C=O) groups is 1. The number of aromatic nitrogens is 1. The van der Waals surface area contributed by atoms with Crippen molar-refractivity contribution in [1.29, 1.82) is 0 Å². The van der Waals surface area contributed by atoms with Gasteiger partial charge in [0.25, 0.3) is 5.91 Å². The van der Waals surface area contributed by atoms with Crippen molar-refractivity contribution in [3.8, 4) is 22.3 Å². The highest BCUT2D eigenvalue weighted by molar-refractivity contribution is 6.02. The van der Waals surface area contributed by atoms with Crippen LogP contribution in [0.15, 0.2) is 54.6 Å². The number of carbonyl (C=O) groups excluding carboxylic acids is 1. The minimum Gasteiger partial charge on any atom is -0.396 e. The number of nitrogens with two attached hydrogens (primary N) is 1. The van der Waals surface area contributed by atoms with Crippen LogP contribution in [0.1, 0.15) is 47.9 Å². The number of rotatable bonds is 9. The summed E-state index contributed by atoms with van der Waals surface area (Å²) in [6.07, 6.45) is 3.64. The Labute approximate surface area is 173 Å². The first-order chi connectivity index (χ1) is 14.1. The Hall–Kier alpha value is -2.85. The molecule has 4 heteroatoms. The van der Waals surface area contributed by atoms with Crippen molar-refractivity contribution in [3.63, 3.8) is 0 Å². The second kappa shape index (κ2) is 9.57. The van der Waals surface area contributed by atoms with Gasteiger partial charge in [0.2, 0.25) is 0 Å². The lowest BCUT2D eigenvalue weighted by Gasteiger charge is -2.13. The number of unbranched alkanes of at least 4 members (excludes halogenated alkanes) is 1. The third-order valence-electron chi connectivity index (χ3n) is 5.47. The van der Waals surface area contributed by atoms with Crippen LogP contribution >= 0.6 is 0 Å². The molecule has 0 unspecified atom stereocenters. The van der Waals surface area contributed by atoms with Gasteiger partial charge in [-0.1, -0.05) is 67.9 Å². The van der Waals surface area contributed by atoms with Gasteiger partial charge in [0.1, 0.15) is 0 Å². The van der Waals surface area contributed by atoms with Gasteiger partial charge in [-0.05, 0) is 42.9 Å². The molecule has 1 heterocycles. The minimum absolute atomic E-state index is 0.123. The summed E-state index contributed by atoms with van der Waals surface area (Å²) < 4.78 is 2.17. The maximum atomic E-state index is 12.4. The van der Waals surface area contributed by atoms with Gasteiger partial charge in [-0.2, -0.15) is 0 Å². The summed E-state index contributed by atoms with van der Waals surface area (Å²) in [6, 6.07) is 18.6. The van der Waals surface area contributed by atoms with Crippen LogP contribution < -0.4 is 5.73 Å². The van der Waals surface area contributed by atoms with Crippen LogP contribution in [-0.2, 0) is 13.0 Å². The minimum atomic E-state index is -0.398. The first-order valence-electron chi connectivity index (χ1n) is 10.4. The fourth-order valence-corrected chi connectivity index (χ4v) is 4.01. The molecule has 0 atom stereocenters. The van der Waals surface area contributed by atoms with Gasteiger partial charge in [-0.3, -0.25) is 4.79 Å². The lowest BCUT2D eigenvalue weighted by atomic mass is 9.95. The van der Waals surface area contributed by atoms with E-state index in [0.717, 1.165) is 52.9 Å². The highest BCUT2D eigenvalue weighted by Gasteiger charge is 2.24. The Balaban J connectivity index is 2.12. The summed E-state index contributed by atoms with van der Waals surface area (Å²) in [6.45, 7) is 4.92. The van der Waals surface area contributed by atoms with Gasteiger partial charge in [0, 0.05) is 30.1 Å². The molecule has 3 N–H and O–H groups in total. The molecule has 0 aliphatic heterocycles. The number of primary amides is 1. The van der Waals surface area contributed by atoms with E-state index in [1.165, 1.54) is 0 Å². The molecule has 0 fully saturated rings. The monoisotopic (exact) mass is 390 g/mol. The summed E-state index contributed by atoms with van der Waals surface area (Å²) in [5.74, 6) is -0.398. The average Bonchev–Trinajstić information content (AvgIpc) is 3.02. The van der Waals surface area contributed by atoms with Crippen LogP contribution in [-0.4, -0.2) is 22.2 Å². The lowest BCUT2D eigenvalue weighted by molar-refractivity contribution is 0.1000. The molecule has 0 aliphatic rings. The summed E-state index contributed by atoms with van der Waals surface area (Å²) in [4.78, 5) is 12.4. The second-order valence-electron chi connectivity index (χ2n) is 7.42. The van der Waals surface area contributed by atoms with E-state index in [9.17, 15) is 9.90 Å². The largest absolute Gasteiger partial charge is 0.396 e. The van der Waals surface area contributed by atoms with Crippen molar-refractivity contribution in [2.45, 2.75) is 46.1 Å². The third kappa shape index (κ3) is 4.43. The van der Waals surface area contributed by atoms with Gasteiger partial charge in [0.05, 0.1) is 5.56 Å². The fourth-order valence-electron chi connectivity index (χ4n) is 4.01. The van der Waals surface area contributed by atoms with Crippen LogP contribution in [0, 0.1) is 6.92 Å². The summed E-state index contributed by atoms with van der Waals surface area (Å²) in [7, 11) is 0. The van der Waals surface area contributed by atoms with E-state index in [1.807, 2.05) is 25.1 Å². The number of amides is 1. The van der Waals surface area contributed by atoms with Gasteiger partial charge < -0.3 is 15.4 Å². The Morgan fingerprint density at radius 1 is 0.966 bits per heavy atom. The van der Waals surface area contributed by atoms with Crippen LogP contribution in [0.2, 0.25) is 0 Å². The molecular formula is C25H30N2O2.